The Hall–Kier alpha value is -1.80. The van der Waals surface area contributed by atoms with Crippen LogP contribution >= 0.6 is 15.9 Å². The second kappa shape index (κ2) is 7.40. The molecule has 2 rings (SSSR count). The zero-order chi connectivity index (χ0) is 17.9. The molecule has 8 heteroatoms. The Labute approximate surface area is 150 Å². The van der Waals surface area contributed by atoms with Gasteiger partial charge in [0.15, 0.2) is 5.84 Å². The van der Waals surface area contributed by atoms with Crippen LogP contribution in [0.15, 0.2) is 27.9 Å². The highest BCUT2D eigenvalue weighted by atomic mass is 79.9. The summed E-state index contributed by atoms with van der Waals surface area (Å²) >= 11 is 3.42. The average Bonchev–Trinajstić information content (AvgIpc) is 3.00. The van der Waals surface area contributed by atoms with Gasteiger partial charge in [0.2, 0.25) is 5.91 Å². The maximum absolute atomic E-state index is 12.3. The Kier molecular flexibility index (Phi) is 5.71. The molecule has 1 heterocycles. The first-order valence-electron chi connectivity index (χ1n) is 7.84. The van der Waals surface area contributed by atoms with Crippen molar-refractivity contribution in [1.82, 2.24) is 10.3 Å². The lowest BCUT2D eigenvalue weighted by atomic mass is 10.1. The van der Waals surface area contributed by atoms with Gasteiger partial charge in [0.05, 0.1) is 11.6 Å². The monoisotopic (exact) mass is 394 g/mol. The van der Waals surface area contributed by atoms with Gasteiger partial charge in [-0.25, -0.2) is 5.01 Å². The van der Waals surface area contributed by atoms with E-state index in [0.717, 1.165) is 23.9 Å². The van der Waals surface area contributed by atoms with Gasteiger partial charge in [-0.05, 0) is 58.4 Å². The van der Waals surface area contributed by atoms with Crippen molar-refractivity contribution in [2.45, 2.75) is 45.2 Å². The minimum atomic E-state index is -0.488. The number of hydrogen-bond acceptors (Lipinski definition) is 5. The molecule has 1 aromatic carbocycles. The number of carbonyl (C=O) groups is 1. The van der Waals surface area contributed by atoms with Crippen molar-refractivity contribution in [2.75, 3.05) is 11.9 Å². The Morgan fingerprint density at radius 1 is 1.42 bits per heavy atom. The summed E-state index contributed by atoms with van der Waals surface area (Å²) < 4.78 is 0.748. The normalized spacial score (nSPS) is 17.4. The van der Waals surface area contributed by atoms with Crippen LogP contribution in [-0.2, 0) is 4.79 Å². The number of carbonyl (C=O) groups excluding carboxylic acids is 1. The number of amides is 1. The summed E-state index contributed by atoms with van der Waals surface area (Å²) in [7, 11) is 0. The van der Waals surface area contributed by atoms with Gasteiger partial charge in [0, 0.05) is 15.7 Å². The second-order valence-electron chi connectivity index (χ2n) is 6.80. The largest absolute Gasteiger partial charge is 0.325 e. The fourth-order valence-corrected chi connectivity index (χ4v) is 3.09. The topological polar surface area (TPSA) is 104 Å². The van der Waals surface area contributed by atoms with E-state index in [4.69, 9.17) is 10.9 Å². The Balaban J connectivity index is 2.23. The van der Waals surface area contributed by atoms with Crippen LogP contribution in [0.4, 0.5) is 5.69 Å². The first-order valence-corrected chi connectivity index (χ1v) is 8.63. The molecule has 0 spiro atoms. The number of rotatable bonds is 4. The van der Waals surface area contributed by atoms with E-state index in [1.807, 2.05) is 20.8 Å². The van der Waals surface area contributed by atoms with Crippen LogP contribution in [-0.4, -0.2) is 34.9 Å². The highest BCUT2D eigenvalue weighted by molar-refractivity contribution is 9.10. The van der Waals surface area contributed by atoms with Gasteiger partial charge in [0.25, 0.3) is 0 Å². The fourth-order valence-electron chi connectivity index (χ4n) is 2.59. The molecule has 1 saturated heterocycles. The third-order valence-electron chi connectivity index (χ3n) is 3.76. The molecular formula is C16H23BrN6O. The van der Waals surface area contributed by atoms with Crippen molar-refractivity contribution in [3.63, 3.8) is 0 Å². The van der Waals surface area contributed by atoms with Crippen LogP contribution in [0, 0.1) is 10.9 Å². The SMILES string of the molecule is CC(C)(C)N(N=N)C(=N)c1cc(Br)cc(NC(=O)C2CCCN2)c1. The van der Waals surface area contributed by atoms with Crippen LogP contribution < -0.4 is 10.6 Å². The van der Waals surface area contributed by atoms with E-state index in [0.29, 0.717) is 11.3 Å². The molecule has 1 aliphatic heterocycles. The predicted octanol–water partition coefficient (Wildman–Crippen LogP) is 3.51. The zero-order valence-electron chi connectivity index (χ0n) is 14.1. The van der Waals surface area contributed by atoms with Crippen molar-refractivity contribution >= 4 is 33.4 Å². The van der Waals surface area contributed by atoms with Crippen LogP contribution in [0.25, 0.3) is 0 Å². The maximum Gasteiger partial charge on any atom is 0.241 e. The molecule has 130 valence electrons. The molecule has 1 aromatic rings. The van der Waals surface area contributed by atoms with Gasteiger partial charge in [0.1, 0.15) is 0 Å². The van der Waals surface area contributed by atoms with E-state index in [-0.39, 0.29) is 17.8 Å². The third kappa shape index (κ3) is 4.39. The van der Waals surface area contributed by atoms with E-state index >= 15 is 0 Å². The molecule has 24 heavy (non-hydrogen) atoms. The zero-order valence-corrected chi connectivity index (χ0v) is 15.7. The van der Waals surface area contributed by atoms with Gasteiger partial charge < -0.3 is 10.6 Å². The number of nitrogens with one attached hydrogen (secondary N) is 4. The molecular weight excluding hydrogens is 372 g/mol. The smallest absolute Gasteiger partial charge is 0.241 e. The molecule has 1 unspecified atom stereocenters. The molecule has 0 radical (unpaired) electrons. The molecule has 0 bridgehead atoms. The Bertz CT molecular complexity index is 648. The average molecular weight is 395 g/mol. The van der Waals surface area contributed by atoms with Crippen LogP contribution in [0.2, 0.25) is 0 Å². The lowest BCUT2D eigenvalue weighted by Crippen LogP contribution is -2.41. The van der Waals surface area contributed by atoms with Crippen LogP contribution in [0.1, 0.15) is 39.2 Å². The molecule has 0 saturated carbocycles. The first kappa shape index (κ1) is 18.5. The van der Waals surface area contributed by atoms with E-state index in [9.17, 15) is 4.79 Å². The van der Waals surface area contributed by atoms with E-state index in [1.54, 1.807) is 18.2 Å². The molecule has 7 nitrogen and oxygen atoms in total. The maximum atomic E-state index is 12.3. The number of halogens is 1. The van der Waals surface area contributed by atoms with Gasteiger partial charge in [-0.3, -0.25) is 10.2 Å². The number of amidine groups is 1. The van der Waals surface area contributed by atoms with E-state index < -0.39 is 5.54 Å². The minimum Gasteiger partial charge on any atom is -0.325 e. The third-order valence-corrected chi connectivity index (χ3v) is 4.22. The van der Waals surface area contributed by atoms with Crippen molar-refractivity contribution < 1.29 is 4.79 Å². The lowest BCUT2D eigenvalue weighted by Gasteiger charge is -2.31. The fraction of sp³-hybridized carbons (Fsp3) is 0.500. The number of hydrogen-bond donors (Lipinski definition) is 4. The minimum absolute atomic E-state index is 0.0686. The van der Waals surface area contributed by atoms with E-state index in [1.165, 1.54) is 5.01 Å². The summed E-state index contributed by atoms with van der Waals surface area (Å²) in [5.41, 5.74) is 8.05. The van der Waals surface area contributed by atoms with Crippen molar-refractivity contribution in [3.05, 3.63) is 28.2 Å². The van der Waals surface area contributed by atoms with Gasteiger partial charge in [-0.2, -0.15) is 5.53 Å². The van der Waals surface area contributed by atoms with Crippen LogP contribution in [0.3, 0.4) is 0 Å². The van der Waals surface area contributed by atoms with E-state index in [2.05, 4.69) is 31.8 Å². The summed E-state index contributed by atoms with van der Waals surface area (Å²) in [6.45, 7) is 6.50. The molecule has 1 fully saturated rings. The van der Waals surface area contributed by atoms with Gasteiger partial charge in [-0.15, -0.1) is 0 Å². The number of benzene rings is 1. The Morgan fingerprint density at radius 2 is 2.12 bits per heavy atom. The second-order valence-corrected chi connectivity index (χ2v) is 7.71. The van der Waals surface area contributed by atoms with Crippen molar-refractivity contribution in [3.8, 4) is 0 Å². The summed E-state index contributed by atoms with van der Waals surface area (Å²) in [6, 6.07) is 5.13. The highest BCUT2D eigenvalue weighted by Crippen LogP contribution is 2.24. The summed E-state index contributed by atoms with van der Waals surface area (Å²) in [4.78, 5) is 12.3. The molecule has 1 amide bonds. The predicted molar refractivity (Wildman–Crippen MR) is 97.4 cm³/mol. The number of nitrogens with zero attached hydrogens (tertiary/aromatic N) is 2. The molecule has 4 N–H and O–H groups in total. The standard InChI is InChI=1S/C16H23BrN6O/c1-16(2,3)23(22-19)14(18)10-7-11(17)9-12(8-10)21-15(24)13-5-4-6-20-13/h7-9,13,18-20H,4-6H2,1-3H3,(H,21,24). The van der Waals surface area contributed by atoms with Crippen molar-refractivity contribution in [2.24, 2.45) is 5.22 Å². The lowest BCUT2D eigenvalue weighted by molar-refractivity contribution is -0.117. The molecule has 1 aliphatic rings. The Morgan fingerprint density at radius 3 is 2.67 bits per heavy atom. The highest BCUT2D eigenvalue weighted by Gasteiger charge is 2.26. The molecule has 0 aliphatic carbocycles. The number of anilines is 1. The summed E-state index contributed by atoms with van der Waals surface area (Å²) in [6.07, 6.45) is 1.83. The van der Waals surface area contributed by atoms with Gasteiger partial charge >= 0.3 is 0 Å². The first-order chi connectivity index (χ1) is 11.2. The quantitative estimate of drug-likeness (QED) is 0.271. The molecule has 0 aromatic heterocycles. The van der Waals surface area contributed by atoms with Gasteiger partial charge in [-0.1, -0.05) is 21.2 Å². The van der Waals surface area contributed by atoms with Crippen LogP contribution in [0.5, 0.6) is 0 Å². The molecule has 1 atom stereocenters. The summed E-state index contributed by atoms with van der Waals surface area (Å²) in [5, 5.41) is 19.2. The summed E-state index contributed by atoms with van der Waals surface area (Å²) in [5.74, 6) is 0.0363. The van der Waals surface area contributed by atoms with Crippen molar-refractivity contribution in [1.29, 1.82) is 10.9 Å².